The van der Waals surface area contributed by atoms with Crippen LogP contribution >= 0.6 is 23.1 Å². The van der Waals surface area contributed by atoms with Gasteiger partial charge in [-0.25, -0.2) is 4.90 Å². The summed E-state index contributed by atoms with van der Waals surface area (Å²) in [6, 6.07) is 14.9. The standard InChI is InChI=1S/C32H24F6N4O4S2/c1-40(2)20-11-9-16(10-12-20)23-24-25(28(45)42(27(24)44)21-8-4-6-18(14-21)32(36,37)38)47-29-26(23)48-30(46)41(29)15-22(43)39-19-7-3-5-17(13-19)31(33,34)35/h3-14,23-25H,15H2,1-2H3,(H,39,43)/t23-,24?,25?/m1/s1. The van der Waals surface area contributed by atoms with Crippen LogP contribution in [0.3, 0.4) is 0 Å². The van der Waals surface area contributed by atoms with Crippen LogP contribution in [-0.2, 0) is 33.3 Å². The van der Waals surface area contributed by atoms with Crippen LogP contribution in [0, 0.1) is 5.92 Å². The zero-order valence-electron chi connectivity index (χ0n) is 24.9. The Kier molecular flexibility index (Phi) is 8.44. The monoisotopic (exact) mass is 706 g/mol. The van der Waals surface area contributed by atoms with Crippen molar-refractivity contribution < 1.29 is 40.7 Å². The Balaban J connectivity index is 1.39. The van der Waals surface area contributed by atoms with E-state index >= 15 is 0 Å². The largest absolute Gasteiger partial charge is 0.416 e. The summed E-state index contributed by atoms with van der Waals surface area (Å²) in [5.74, 6) is -4.31. The molecule has 1 aromatic heterocycles. The molecule has 0 aliphatic carbocycles. The number of nitrogens with one attached hydrogen (secondary N) is 1. The second-order valence-corrected chi connectivity index (χ2v) is 13.5. The SMILES string of the molecule is CN(C)c1ccc([C@H]2c3sc(=O)n(CC(=O)Nc4cccc(C(F)(F)F)c4)c3SC3C(=O)N(c4cccc(C(F)(F)F)c4)C(=O)C32)cc1. The van der Waals surface area contributed by atoms with Gasteiger partial charge in [0.1, 0.15) is 11.8 Å². The van der Waals surface area contributed by atoms with Gasteiger partial charge in [0.05, 0.1) is 27.8 Å². The summed E-state index contributed by atoms with van der Waals surface area (Å²) in [6.45, 7) is -0.614. The number of aromatic nitrogens is 1. The molecule has 3 amide bonds. The molecule has 1 N–H and O–H groups in total. The van der Waals surface area contributed by atoms with Crippen molar-refractivity contribution in [3.63, 3.8) is 0 Å². The molecule has 3 atom stereocenters. The first-order valence-corrected chi connectivity index (χ1v) is 15.9. The van der Waals surface area contributed by atoms with Gasteiger partial charge in [-0.3, -0.25) is 23.7 Å². The molecule has 2 aliphatic rings. The van der Waals surface area contributed by atoms with E-state index in [-0.39, 0.29) is 16.4 Å². The molecule has 250 valence electrons. The number of thiazole rings is 1. The number of nitrogens with zero attached hydrogens (tertiary/aromatic N) is 3. The molecule has 0 radical (unpaired) electrons. The lowest BCUT2D eigenvalue weighted by molar-refractivity contribution is -0.138. The number of amides is 3. The summed E-state index contributed by atoms with van der Waals surface area (Å²) < 4.78 is 81.3. The molecule has 48 heavy (non-hydrogen) atoms. The summed E-state index contributed by atoms with van der Waals surface area (Å²) in [5.41, 5.74) is -1.05. The van der Waals surface area contributed by atoms with Gasteiger partial charge < -0.3 is 10.2 Å². The van der Waals surface area contributed by atoms with Crippen LogP contribution in [0.25, 0.3) is 0 Å². The molecule has 0 saturated carbocycles. The third kappa shape index (κ3) is 6.09. The van der Waals surface area contributed by atoms with Gasteiger partial charge in [0.15, 0.2) is 0 Å². The van der Waals surface area contributed by atoms with Gasteiger partial charge in [-0.15, -0.1) is 0 Å². The zero-order chi connectivity index (χ0) is 34.7. The van der Waals surface area contributed by atoms with Crippen molar-refractivity contribution in [3.05, 3.63) is 104 Å². The quantitative estimate of drug-likeness (QED) is 0.183. The first kappa shape index (κ1) is 33.3. The van der Waals surface area contributed by atoms with Crippen LogP contribution in [0.2, 0.25) is 0 Å². The molecule has 1 saturated heterocycles. The van der Waals surface area contributed by atoms with E-state index in [0.29, 0.717) is 10.4 Å². The highest BCUT2D eigenvalue weighted by atomic mass is 32.2. The van der Waals surface area contributed by atoms with E-state index in [9.17, 15) is 45.5 Å². The zero-order valence-corrected chi connectivity index (χ0v) is 26.6. The summed E-state index contributed by atoms with van der Waals surface area (Å²) in [6.07, 6.45) is -9.38. The fourth-order valence-corrected chi connectivity index (χ4v) is 8.56. The van der Waals surface area contributed by atoms with E-state index in [4.69, 9.17) is 0 Å². The molecule has 4 aromatic rings. The highest BCUT2D eigenvalue weighted by molar-refractivity contribution is 8.00. The average Bonchev–Trinajstić information content (AvgIpc) is 3.46. The predicted molar refractivity (Wildman–Crippen MR) is 168 cm³/mol. The lowest BCUT2D eigenvalue weighted by Gasteiger charge is -2.31. The number of hydrogen-bond acceptors (Lipinski definition) is 7. The number of thioether (sulfide) groups is 1. The third-order valence-corrected chi connectivity index (χ3v) is 10.6. The molecule has 8 nitrogen and oxygen atoms in total. The number of anilines is 3. The van der Waals surface area contributed by atoms with Crippen molar-refractivity contribution in [1.82, 2.24) is 4.57 Å². The maximum atomic E-state index is 14.0. The summed E-state index contributed by atoms with van der Waals surface area (Å²) in [5, 5.41) is 1.41. The Hall–Kier alpha value is -4.57. The van der Waals surface area contributed by atoms with Crippen molar-refractivity contribution >= 4 is 57.9 Å². The molecular formula is C32H24F6N4O4S2. The van der Waals surface area contributed by atoms with Crippen LogP contribution in [0.5, 0.6) is 0 Å². The average molecular weight is 707 g/mol. The number of alkyl halides is 6. The van der Waals surface area contributed by atoms with Crippen LogP contribution < -0.4 is 20.0 Å². The fraction of sp³-hybridized carbons (Fsp3) is 0.250. The van der Waals surface area contributed by atoms with Gasteiger partial charge in [-0.2, -0.15) is 26.3 Å². The number of carbonyl (C=O) groups excluding carboxylic acids is 3. The summed E-state index contributed by atoms with van der Waals surface area (Å²) in [7, 11) is 3.64. The summed E-state index contributed by atoms with van der Waals surface area (Å²) in [4.78, 5) is 56.6. The van der Waals surface area contributed by atoms with E-state index < -0.39 is 69.7 Å². The van der Waals surface area contributed by atoms with E-state index in [1.54, 1.807) is 24.3 Å². The molecule has 0 spiro atoms. The minimum atomic E-state index is -4.73. The van der Waals surface area contributed by atoms with Crippen molar-refractivity contribution in [2.75, 3.05) is 29.2 Å². The van der Waals surface area contributed by atoms with Crippen molar-refractivity contribution in [2.45, 2.75) is 35.1 Å². The van der Waals surface area contributed by atoms with E-state index in [1.807, 2.05) is 19.0 Å². The maximum absolute atomic E-state index is 14.0. The van der Waals surface area contributed by atoms with E-state index in [1.165, 1.54) is 12.1 Å². The molecule has 3 aromatic carbocycles. The first-order chi connectivity index (χ1) is 22.5. The minimum Gasteiger partial charge on any atom is -0.378 e. The smallest absolute Gasteiger partial charge is 0.378 e. The van der Waals surface area contributed by atoms with Crippen molar-refractivity contribution in [3.8, 4) is 0 Å². The molecule has 2 aliphatic heterocycles. The highest BCUT2D eigenvalue weighted by Crippen LogP contribution is 2.54. The minimum absolute atomic E-state index is 0.146. The van der Waals surface area contributed by atoms with Gasteiger partial charge >= 0.3 is 17.2 Å². The number of fused-ring (bicyclic) bond motifs is 2. The lowest BCUT2D eigenvalue weighted by Crippen LogP contribution is -2.33. The normalized spacial score (nSPS) is 19.2. The van der Waals surface area contributed by atoms with Gasteiger partial charge in [0.2, 0.25) is 17.7 Å². The Morgan fingerprint density at radius 1 is 0.854 bits per heavy atom. The molecule has 3 heterocycles. The number of benzene rings is 3. The van der Waals surface area contributed by atoms with Crippen molar-refractivity contribution in [2.24, 2.45) is 5.92 Å². The molecule has 1 fully saturated rings. The number of hydrogen-bond donors (Lipinski definition) is 1. The van der Waals surface area contributed by atoms with Crippen molar-refractivity contribution in [1.29, 1.82) is 0 Å². The van der Waals surface area contributed by atoms with E-state index in [2.05, 4.69) is 5.32 Å². The second-order valence-electron chi connectivity index (χ2n) is 11.3. The Morgan fingerprint density at radius 3 is 2.10 bits per heavy atom. The highest BCUT2D eigenvalue weighted by Gasteiger charge is 2.57. The molecular weight excluding hydrogens is 682 g/mol. The lowest BCUT2D eigenvalue weighted by atomic mass is 9.83. The first-order valence-electron chi connectivity index (χ1n) is 14.2. The Morgan fingerprint density at radius 2 is 1.48 bits per heavy atom. The Bertz CT molecular complexity index is 1990. The predicted octanol–water partition coefficient (Wildman–Crippen LogP) is 6.45. The number of imide groups is 1. The topological polar surface area (TPSA) is 91.7 Å². The number of carbonyl (C=O) groups is 3. The maximum Gasteiger partial charge on any atom is 0.416 e. The van der Waals surface area contributed by atoms with Crippen LogP contribution in [0.1, 0.15) is 27.5 Å². The van der Waals surface area contributed by atoms with Crippen LogP contribution in [0.15, 0.2) is 82.6 Å². The van der Waals surface area contributed by atoms with Gasteiger partial charge in [0.25, 0.3) is 0 Å². The van der Waals surface area contributed by atoms with Crippen LogP contribution in [0.4, 0.5) is 43.4 Å². The van der Waals surface area contributed by atoms with E-state index in [0.717, 1.165) is 74.7 Å². The molecule has 16 heteroatoms. The van der Waals surface area contributed by atoms with Crippen LogP contribution in [-0.4, -0.2) is 41.6 Å². The third-order valence-electron chi connectivity index (χ3n) is 8.02. The number of halogens is 6. The Labute approximate surface area is 277 Å². The molecule has 2 unspecified atom stereocenters. The fourth-order valence-electron chi connectivity index (χ4n) is 5.79. The molecule has 6 rings (SSSR count). The van der Waals surface area contributed by atoms with Gasteiger partial charge in [-0.1, -0.05) is 47.4 Å². The summed E-state index contributed by atoms with van der Waals surface area (Å²) >= 11 is 1.61. The number of rotatable bonds is 6. The second kappa shape index (κ2) is 12.1. The van der Waals surface area contributed by atoms with Gasteiger partial charge in [0, 0.05) is 36.3 Å². The molecule has 0 bridgehead atoms. The van der Waals surface area contributed by atoms with Gasteiger partial charge in [-0.05, 0) is 54.1 Å².